The van der Waals surface area contributed by atoms with Gasteiger partial charge < -0.3 is 9.36 Å². The van der Waals surface area contributed by atoms with Crippen LogP contribution in [0.5, 0.6) is 0 Å². The summed E-state index contributed by atoms with van der Waals surface area (Å²) < 4.78 is 5.34. The standard InChI is InChI=1S/C18H16ClN3O3/c1-3-24-21-17(11(2)20-23)12-4-6-13(7-5-12)18-15-10-14(19)8-9-16(15)25-22-18/h4-11H,3H2,1-2H3. The molecule has 7 heteroatoms. The number of aromatic nitrogens is 1. The minimum Gasteiger partial charge on any atom is -0.396 e. The summed E-state index contributed by atoms with van der Waals surface area (Å²) in [5.41, 5.74) is 3.48. The number of hydrogen-bond acceptors (Lipinski definition) is 6. The van der Waals surface area contributed by atoms with Crippen LogP contribution in [0, 0.1) is 4.91 Å². The van der Waals surface area contributed by atoms with E-state index in [0.717, 1.165) is 16.5 Å². The Hall–Kier alpha value is -2.73. The van der Waals surface area contributed by atoms with Gasteiger partial charge >= 0.3 is 0 Å². The van der Waals surface area contributed by atoms with E-state index >= 15 is 0 Å². The van der Waals surface area contributed by atoms with Crippen molar-refractivity contribution in [2.75, 3.05) is 6.61 Å². The van der Waals surface area contributed by atoms with Crippen LogP contribution in [0.2, 0.25) is 5.02 Å². The summed E-state index contributed by atoms with van der Waals surface area (Å²) >= 11 is 6.06. The molecular formula is C18H16ClN3O3. The molecule has 0 saturated heterocycles. The molecular weight excluding hydrogens is 342 g/mol. The molecule has 1 heterocycles. The van der Waals surface area contributed by atoms with E-state index in [0.29, 0.717) is 28.6 Å². The first-order valence-electron chi connectivity index (χ1n) is 7.82. The van der Waals surface area contributed by atoms with Crippen molar-refractivity contribution >= 4 is 28.3 Å². The number of rotatable bonds is 6. The van der Waals surface area contributed by atoms with Gasteiger partial charge in [-0.05, 0) is 32.0 Å². The predicted octanol–water partition coefficient (Wildman–Crippen LogP) is 5.04. The van der Waals surface area contributed by atoms with Crippen LogP contribution in [-0.4, -0.2) is 23.5 Å². The zero-order valence-electron chi connectivity index (χ0n) is 13.8. The van der Waals surface area contributed by atoms with E-state index in [1.165, 1.54) is 0 Å². The van der Waals surface area contributed by atoms with Gasteiger partial charge in [0.2, 0.25) is 0 Å². The van der Waals surface area contributed by atoms with Gasteiger partial charge in [-0.25, -0.2) is 0 Å². The molecule has 0 spiro atoms. The van der Waals surface area contributed by atoms with Gasteiger partial charge in [0, 0.05) is 16.1 Å². The molecule has 128 valence electrons. The van der Waals surface area contributed by atoms with E-state index in [4.69, 9.17) is 21.0 Å². The van der Waals surface area contributed by atoms with Crippen LogP contribution in [0.25, 0.3) is 22.2 Å². The van der Waals surface area contributed by atoms with Crippen LogP contribution in [0.4, 0.5) is 0 Å². The van der Waals surface area contributed by atoms with Crippen LogP contribution < -0.4 is 0 Å². The zero-order valence-corrected chi connectivity index (χ0v) is 14.5. The molecule has 0 amide bonds. The highest BCUT2D eigenvalue weighted by molar-refractivity contribution is 6.31. The molecule has 0 aliphatic carbocycles. The Morgan fingerprint density at radius 2 is 2.04 bits per heavy atom. The van der Waals surface area contributed by atoms with Crippen LogP contribution in [-0.2, 0) is 4.84 Å². The number of nitrogens with zero attached hydrogens (tertiary/aromatic N) is 3. The zero-order chi connectivity index (χ0) is 17.8. The Morgan fingerprint density at radius 1 is 1.28 bits per heavy atom. The van der Waals surface area contributed by atoms with Gasteiger partial charge in [-0.1, -0.05) is 51.4 Å². The molecule has 1 aromatic heterocycles. The first-order chi connectivity index (χ1) is 12.1. The normalized spacial score (nSPS) is 13.0. The lowest BCUT2D eigenvalue weighted by Gasteiger charge is -2.08. The fraction of sp³-hybridized carbons (Fsp3) is 0.222. The molecule has 0 saturated carbocycles. The number of nitroso groups, excluding NO2 is 1. The molecule has 6 nitrogen and oxygen atoms in total. The van der Waals surface area contributed by atoms with Gasteiger partial charge in [0.15, 0.2) is 5.58 Å². The summed E-state index contributed by atoms with van der Waals surface area (Å²) in [4.78, 5) is 16.0. The van der Waals surface area contributed by atoms with Crippen molar-refractivity contribution in [3.8, 4) is 11.3 Å². The Morgan fingerprint density at radius 3 is 2.72 bits per heavy atom. The number of oxime groups is 1. The van der Waals surface area contributed by atoms with Crippen molar-refractivity contribution in [1.29, 1.82) is 0 Å². The van der Waals surface area contributed by atoms with Crippen molar-refractivity contribution in [2.24, 2.45) is 10.3 Å². The minimum absolute atomic E-state index is 0.416. The first kappa shape index (κ1) is 17.1. The summed E-state index contributed by atoms with van der Waals surface area (Å²) in [6.07, 6.45) is 0. The van der Waals surface area contributed by atoms with Crippen LogP contribution in [0.15, 0.2) is 57.3 Å². The lowest BCUT2D eigenvalue weighted by molar-refractivity contribution is 0.158. The van der Waals surface area contributed by atoms with Gasteiger partial charge in [0.25, 0.3) is 0 Å². The maximum atomic E-state index is 10.9. The van der Waals surface area contributed by atoms with Crippen molar-refractivity contribution in [3.05, 3.63) is 58.0 Å². The Bertz CT molecular complexity index is 919. The van der Waals surface area contributed by atoms with Crippen molar-refractivity contribution in [1.82, 2.24) is 5.16 Å². The van der Waals surface area contributed by atoms with Gasteiger partial charge in [-0.15, -0.1) is 0 Å². The van der Waals surface area contributed by atoms with Crippen LogP contribution in [0.1, 0.15) is 19.4 Å². The average molecular weight is 358 g/mol. The molecule has 0 fully saturated rings. The molecule has 3 aromatic rings. The van der Waals surface area contributed by atoms with Gasteiger partial charge in [-0.3, -0.25) is 0 Å². The number of halogens is 1. The summed E-state index contributed by atoms with van der Waals surface area (Å²) in [6.45, 7) is 3.91. The molecule has 25 heavy (non-hydrogen) atoms. The van der Waals surface area contributed by atoms with E-state index in [9.17, 15) is 4.91 Å². The average Bonchev–Trinajstić information content (AvgIpc) is 3.05. The predicted molar refractivity (Wildman–Crippen MR) is 97.9 cm³/mol. The second kappa shape index (κ2) is 7.44. The second-order valence-electron chi connectivity index (χ2n) is 5.42. The van der Waals surface area contributed by atoms with E-state index < -0.39 is 6.04 Å². The third kappa shape index (κ3) is 3.53. The van der Waals surface area contributed by atoms with Gasteiger partial charge in [0.1, 0.15) is 24.1 Å². The fourth-order valence-electron chi connectivity index (χ4n) is 2.47. The second-order valence-corrected chi connectivity index (χ2v) is 5.86. The molecule has 0 radical (unpaired) electrons. The summed E-state index contributed by atoms with van der Waals surface area (Å²) in [5.74, 6) is 0. The third-order valence-corrected chi connectivity index (χ3v) is 3.97. The molecule has 2 aromatic carbocycles. The van der Waals surface area contributed by atoms with E-state index in [1.54, 1.807) is 19.1 Å². The quantitative estimate of drug-likeness (QED) is 0.351. The summed E-state index contributed by atoms with van der Waals surface area (Å²) in [7, 11) is 0. The van der Waals surface area contributed by atoms with Crippen molar-refractivity contribution in [3.63, 3.8) is 0 Å². The monoisotopic (exact) mass is 357 g/mol. The fourth-order valence-corrected chi connectivity index (χ4v) is 2.64. The van der Waals surface area contributed by atoms with E-state index in [1.807, 2.05) is 37.3 Å². The Balaban J connectivity index is 1.98. The van der Waals surface area contributed by atoms with Crippen molar-refractivity contribution < 1.29 is 9.36 Å². The van der Waals surface area contributed by atoms with Crippen LogP contribution in [0.3, 0.4) is 0 Å². The van der Waals surface area contributed by atoms with E-state index in [-0.39, 0.29) is 0 Å². The molecule has 1 atom stereocenters. The summed E-state index contributed by atoms with van der Waals surface area (Å²) in [6, 6.07) is 12.2. The number of fused-ring (bicyclic) bond motifs is 1. The number of hydrogen-bond donors (Lipinski definition) is 0. The molecule has 0 aliphatic rings. The minimum atomic E-state index is -0.607. The van der Waals surface area contributed by atoms with Gasteiger partial charge in [-0.2, -0.15) is 4.91 Å². The highest BCUT2D eigenvalue weighted by Crippen LogP contribution is 2.30. The van der Waals surface area contributed by atoms with Crippen molar-refractivity contribution in [2.45, 2.75) is 19.9 Å². The molecule has 0 aliphatic heterocycles. The third-order valence-electron chi connectivity index (χ3n) is 3.73. The molecule has 3 rings (SSSR count). The maximum Gasteiger partial charge on any atom is 0.167 e. The maximum absolute atomic E-state index is 10.9. The smallest absolute Gasteiger partial charge is 0.167 e. The number of benzene rings is 2. The SMILES string of the molecule is CCON=C(c1ccc(-c2noc3ccc(Cl)cc23)cc1)C(C)N=O. The Kier molecular flexibility index (Phi) is 5.09. The van der Waals surface area contributed by atoms with Crippen LogP contribution >= 0.6 is 11.6 Å². The molecule has 0 N–H and O–H groups in total. The lowest BCUT2D eigenvalue weighted by Crippen LogP contribution is -2.16. The van der Waals surface area contributed by atoms with Gasteiger partial charge in [0.05, 0.1) is 5.39 Å². The largest absolute Gasteiger partial charge is 0.396 e. The highest BCUT2D eigenvalue weighted by Gasteiger charge is 2.16. The Labute approximate surface area is 149 Å². The molecule has 1 unspecified atom stereocenters. The molecule has 0 bridgehead atoms. The highest BCUT2D eigenvalue weighted by atomic mass is 35.5. The lowest BCUT2D eigenvalue weighted by atomic mass is 10.0. The first-order valence-corrected chi connectivity index (χ1v) is 8.20. The van der Waals surface area contributed by atoms with E-state index in [2.05, 4.69) is 15.5 Å². The topological polar surface area (TPSA) is 77.1 Å². The summed E-state index contributed by atoms with van der Waals surface area (Å²) in [5, 5.41) is 12.6.